The highest BCUT2D eigenvalue weighted by molar-refractivity contribution is 5.88. The number of amides is 2. The monoisotopic (exact) mass is 315 g/mol. The van der Waals surface area contributed by atoms with E-state index in [1.54, 1.807) is 29.2 Å². The lowest BCUT2D eigenvalue weighted by Crippen LogP contribution is -2.47. The van der Waals surface area contributed by atoms with Gasteiger partial charge < -0.3 is 10.6 Å². The van der Waals surface area contributed by atoms with E-state index in [1.165, 1.54) is 0 Å². The lowest BCUT2D eigenvalue weighted by atomic mass is 10.0. The molecule has 2 rings (SSSR count). The lowest BCUT2D eigenvalue weighted by molar-refractivity contribution is -0.136. The number of primary amides is 1. The predicted molar refractivity (Wildman–Crippen MR) is 86.7 cm³/mol. The summed E-state index contributed by atoms with van der Waals surface area (Å²) in [6.07, 6.45) is 2.87. The molecule has 1 aliphatic rings. The zero-order chi connectivity index (χ0) is 16.8. The minimum absolute atomic E-state index is 0.00190. The maximum atomic E-state index is 12.2. The largest absolute Gasteiger partial charge is 0.368 e. The number of rotatable bonds is 7. The van der Waals surface area contributed by atoms with E-state index < -0.39 is 11.9 Å². The van der Waals surface area contributed by atoms with Crippen molar-refractivity contribution in [2.24, 2.45) is 16.8 Å². The van der Waals surface area contributed by atoms with Gasteiger partial charge in [-0.1, -0.05) is 42.7 Å². The molecule has 0 aromatic heterocycles. The van der Waals surface area contributed by atoms with E-state index in [1.807, 2.05) is 0 Å². The van der Waals surface area contributed by atoms with E-state index in [4.69, 9.17) is 11.3 Å². The Morgan fingerprint density at radius 2 is 2.17 bits per heavy atom. The summed E-state index contributed by atoms with van der Waals surface area (Å²) in [4.78, 5) is 28.4. The highest BCUT2D eigenvalue weighted by Crippen LogP contribution is 2.25. The molecule has 2 N–H and O–H groups in total. The summed E-state index contributed by atoms with van der Waals surface area (Å²) in [6, 6.07) is 6.29. The summed E-state index contributed by atoms with van der Waals surface area (Å²) in [5, 5.41) is 3.51. The number of likely N-dealkylation sites (tertiary alicyclic amines) is 1. The van der Waals surface area contributed by atoms with Crippen LogP contribution in [0.2, 0.25) is 0 Å². The van der Waals surface area contributed by atoms with Gasteiger partial charge in [-0.25, -0.2) is 0 Å². The van der Waals surface area contributed by atoms with E-state index >= 15 is 0 Å². The van der Waals surface area contributed by atoms with E-state index in [9.17, 15) is 9.59 Å². The van der Waals surface area contributed by atoms with Crippen LogP contribution >= 0.6 is 0 Å². The van der Waals surface area contributed by atoms with Crippen molar-refractivity contribution in [3.63, 3.8) is 0 Å². The molecule has 1 aromatic rings. The number of carbonyl (C=O) groups excluding carboxylic acids is 2. The summed E-state index contributed by atoms with van der Waals surface area (Å²) < 4.78 is 0. The molecule has 0 radical (unpaired) electrons. The summed E-state index contributed by atoms with van der Waals surface area (Å²) in [7, 11) is 0. The third-order valence-electron chi connectivity index (χ3n) is 4.17. The van der Waals surface area contributed by atoms with E-state index in [-0.39, 0.29) is 5.91 Å². The van der Waals surface area contributed by atoms with Gasteiger partial charge in [0, 0.05) is 30.0 Å². The van der Waals surface area contributed by atoms with Gasteiger partial charge in [-0.15, -0.1) is 0 Å². The first-order valence-corrected chi connectivity index (χ1v) is 7.78. The molecular weight excluding hydrogens is 294 g/mol. The van der Waals surface area contributed by atoms with Gasteiger partial charge in [0.15, 0.2) is 0 Å². The molecule has 1 aromatic carbocycles. The third kappa shape index (κ3) is 4.23. The fraction of sp³-hybridized carbons (Fsp3) is 0.500. The van der Waals surface area contributed by atoms with Crippen molar-refractivity contribution < 1.29 is 9.59 Å². The molecule has 2 unspecified atom stereocenters. The number of nitrogens with zero attached hydrogens (tertiary/aromatic N) is 4. The Labute approximate surface area is 135 Å². The first kappa shape index (κ1) is 16.8. The minimum Gasteiger partial charge on any atom is -0.368 e. The van der Waals surface area contributed by atoms with Crippen molar-refractivity contribution >= 4 is 17.5 Å². The molecule has 1 aliphatic heterocycles. The number of carbonyl (C=O) groups is 2. The fourth-order valence-corrected chi connectivity index (χ4v) is 3.05. The highest BCUT2D eigenvalue weighted by atomic mass is 16.2. The molecule has 122 valence electrons. The average molecular weight is 315 g/mol. The molecular formula is C16H21N5O2. The van der Waals surface area contributed by atoms with Gasteiger partial charge in [0.2, 0.25) is 11.8 Å². The Hall–Kier alpha value is -2.53. The molecule has 2 amide bonds. The molecule has 1 saturated heterocycles. The zero-order valence-electron chi connectivity index (χ0n) is 13.2. The minimum atomic E-state index is -0.630. The van der Waals surface area contributed by atoms with E-state index in [2.05, 4.69) is 16.9 Å². The van der Waals surface area contributed by atoms with Crippen molar-refractivity contribution in [1.29, 1.82) is 0 Å². The highest BCUT2D eigenvalue weighted by Gasteiger charge is 2.36. The van der Waals surface area contributed by atoms with Crippen molar-refractivity contribution in [1.82, 2.24) is 4.90 Å². The van der Waals surface area contributed by atoms with Gasteiger partial charge >= 0.3 is 0 Å². The van der Waals surface area contributed by atoms with Gasteiger partial charge in [-0.3, -0.25) is 9.59 Å². The second-order valence-corrected chi connectivity index (χ2v) is 5.88. The molecule has 0 spiro atoms. The molecule has 7 heteroatoms. The lowest BCUT2D eigenvalue weighted by Gasteiger charge is -2.25. The van der Waals surface area contributed by atoms with Crippen molar-refractivity contribution in [2.45, 2.75) is 38.6 Å². The normalized spacial score (nSPS) is 18.6. The summed E-state index contributed by atoms with van der Waals surface area (Å²) in [6.45, 7) is 2.68. The summed E-state index contributed by atoms with van der Waals surface area (Å²) >= 11 is 0. The van der Waals surface area contributed by atoms with Crippen molar-refractivity contribution in [3.05, 3.63) is 40.3 Å². The predicted octanol–water partition coefficient (Wildman–Crippen LogP) is 2.67. The van der Waals surface area contributed by atoms with Crippen molar-refractivity contribution in [2.75, 3.05) is 6.54 Å². The SMILES string of the molecule is CCCC1CC(=O)N(C(Cc2ccc(N=[N+]=[N-])cc2)C(N)=O)C1. The quantitative estimate of drug-likeness (QED) is 0.473. The fourth-order valence-electron chi connectivity index (χ4n) is 3.05. The van der Waals surface area contributed by atoms with E-state index in [0.717, 1.165) is 18.4 Å². The van der Waals surface area contributed by atoms with Gasteiger partial charge in [0.1, 0.15) is 6.04 Å². The first-order valence-electron chi connectivity index (χ1n) is 7.78. The number of benzene rings is 1. The van der Waals surface area contributed by atoms with Gasteiger partial charge in [0.05, 0.1) is 0 Å². The molecule has 23 heavy (non-hydrogen) atoms. The maximum Gasteiger partial charge on any atom is 0.240 e. The number of azide groups is 1. The number of hydrogen-bond acceptors (Lipinski definition) is 3. The van der Waals surface area contributed by atoms with Crippen LogP contribution in [0.1, 0.15) is 31.7 Å². The molecule has 0 saturated carbocycles. The Balaban J connectivity index is 2.11. The average Bonchev–Trinajstić information content (AvgIpc) is 2.87. The van der Waals surface area contributed by atoms with Crippen LogP contribution in [0.4, 0.5) is 5.69 Å². The van der Waals surface area contributed by atoms with Gasteiger partial charge in [-0.2, -0.15) is 0 Å². The van der Waals surface area contributed by atoms with Crippen LogP contribution in [0.3, 0.4) is 0 Å². The molecule has 7 nitrogen and oxygen atoms in total. The van der Waals surface area contributed by atoms with Crippen LogP contribution < -0.4 is 5.73 Å². The van der Waals surface area contributed by atoms with Gasteiger partial charge in [-0.05, 0) is 23.4 Å². The van der Waals surface area contributed by atoms with Crippen LogP contribution in [0.25, 0.3) is 10.4 Å². The molecule has 0 bridgehead atoms. The van der Waals surface area contributed by atoms with Crippen LogP contribution in [-0.4, -0.2) is 29.3 Å². The van der Waals surface area contributed by atoms with Crippen molar-refractivity contribution in [3.8, 4) is 0 Å². The zero-order valence-corrected chi connectivity index (χ0v) is 13.2. The number of nitrogens with two attached hydrogens (primary N) is 1. The standard InChI is InChI=1S/C16H21N5O2/c1-2-3-12-9-15(22)21(10-12)14(16(17)23)8-11-4-6-13(7-5-11)19-20-18/h4-7,12,14H,2-3,8-10H2,1H3,(H2,17,23). The Kier molecular flexibility index (Phi) is 5.60. The summed E-state index contributed by atoms with van der Waals surface area (Å²) in [5.74, 6) is -0.186. The smallest absolute Gasteiger partial charge is 0.240 e. The third-order valence-corrected chi connectivity index (χ3v) is 4.17. The molecule has 0 aliphatic carbocycles. The second kappa shape index (κ2) is 7.65. The Morgan fingerprint density at radius 1 is 1.48 bits per heavy atom. The van der Waals surface area contributed by atoms with Crippen LogP contribution in [0, 0.1) is 5.92 Å². The Morgan fingerprint density at radius 3 is 2.74 bits per heavy atom. The number of hydrogen-bond donors (Lipinski definition) is 1. The maximum absolute atomic E-state index is 12.2. The topological polar surface area (TPSA) is 112 Å². The molecule has 2 atom stereocenters. The summed E-state index contributed by atoms with van der Waals surface area (Å²) in [5.41, 5.74) is 15.3. The van der Waals surface area contributed by atoms with E-state index in [0.29, 0.717) is 31.0 Å². The molecule has 1 fully saturated rings. The van der Waals surface area contributed by atoms with Crippen LogP contribution in [0.15, 0.2) is 29.4 Å². The molecule has 1 heterocycles. The van der Waals surface area contributed by atoms with Crippen LogP contribution in [-0.2, 0) is 16.0 Å². The van der Waals surface area contributed by atoms with Crippen LogP contribution in [0.5, 0.6) is 0 Å². The second-order valence-electron chi connectivity index (χ2n) is 5.88. The first-order chi connectivity index (χ1) is 11.0. The Bertz CT molecular complexity index is 622. The van der Waals surface area contributed by atoms with Gasteiger partial charge in [0.25, 0.3) is 0 Å².